The molecule has 8 atom stereocenters. The van der Waals surface area contributed by atoms with Crippen LogP contribution < -0.4 is 0 Å². The molecule has 0 unspecified atom stereocenters. The lowest BCUT2D eigenvalue weighted by Crippen LogP contribution is -2.52. The molecule has 0 bridgehead atoms. The van der Waals surface area contributed by atoms with Gasteiger partial charge >= 0.3 is 0 Å². The van der Waals surface area contributed by atoms with Gasteiger partial charge in [-0.05, 0) is 86.4 Å². The number of rotatable bonds is 2. The van der Waals surface area contributed by atoms with Crippen molar-refractivity contribution in [3.05, 3.63) is 11.6 Å². The molecule has 4 saturated carbocycles. The van der Waals surface area contributed by atoms with Gasteiger partial charge in [0.15, 0.2) is 0 Å². The van der Waals surface area contributed by atoms with Gasteiger partial charge in [-0.25, -0.2) is 0 Å². The Hall–Kier alpha value is -0.340. The van der Waals surface area contributed by atoms with Crippen molar-refractivity contribution in [2.24, 2.45) is 34.5 Å². The molecule has 0 aromatic carbocycles. The van der Waals surface area contributed by atoms with Gasteiger partial charge in [0.2, 0.25) is 0 Å². The molecule has 1 N–H and O–H groups in total. The Morgan fingerprint density at radius 3 is 2.56 bits per heavy atom. The van der Waals surface area contributed by atoms with Crippen molar-refractivity contribution in [1.82, 2.24) is 0 Å². The molecule has 140 valence electrons. The maximum absolute atomic E-state index is 10.4. The minimum absolute atomic E-state index is 0.118. The highest BCUT2D eigenvalue weighted by molar-refractivity contribution is 5.27. The smallest absolute Gasteiger partial charge is 0.0635 e. The van der Waals surface area contributed by atoms with E-state index in [1.807, 2.05) is 0 Å². The summed E-state index contributed by atoms with van der Waals surface area (Å²) in [5, 5.41) is 10.4. The van der Waals surface area contributed by atoms with Crippen LogP contribution >= 0.6 is 0 Å². The largest absolute Gasteiger partial charge is 0.393 e. The second kappa shape index (κ2) is 5.58. The van der Waals surface area contributed by atoms with Crippen LogP contribution in [0.5, 0.6) is 0 Å². The fraction of sp³-hybridized carbons (Fsp3) is 0.913. The van der Waals surface area contributed by atoms with Gasteiger partial charge in [0.1, 0.15) is 0 Å². The third-order valence-electron chi connectivity index (χ3n) is 9.35. The molecule has 4 fully saturated rings. The summed E-state index contributed by atoms with van der Waals surface area (Å²) in [7, 11) is 0. The molecule has 0 aromatic rings. The predicted octanol–water partition coefficient (Wildman–Crippen LogP) is 5.10. The summed E-state index contributed by atoms with van der Waals surface area (Å²) in [6.45, 7) is 7.35. The van der Waals surface area contributed by atoms with E-state index >= 15 is 0 Å². The Morgan fingerprint density at radius 1 is 1.00 bits per heavy atom. The number of hydrogen-bond acceptors (Lipinski definition) is 2. The second-order valence-corrected chi connectivity index (χ2v) is 10.5. The van der Waals surface area contributed by atoms with Crippen LogP contribution in [-0.2, 0) is 4.74 Å². The lowest BCUT2D eigenvalue weighted by atomic mass is 9.47. The molecule has 0 amide bonds. The Morgan fingerprint density at radius 2 is 1.80 bits per heavy atom. The van der Waals surface area contributed by atoms with E-state index in [4.69, 9.17) is 4.74 Å². The Balaban J connectivity index is 1.43. The van der Waals surface area contributed by atoms with Gasteiger partial charge in [-0.3, -0.25) is 0 Å². The highest BCUT2D eigenvalue weighted by Gasteiger charge is 2.60. The van der Waals surface area contributed by atoms with Gasteiger partial charge in [-0.2, -0.15) is 0 Å². The van der Waals surface area contributed by atoms with E-state index in [0.29, 0.717) is 29.0 Å². The summed E-state index contributed by atoms with van der Waals surface area (Å²) in [6.07, 6.45) is 15.0. The Labute approximate surface area is 153 Å². The van der Waals surface area contributed by atoms with Crippen LogP contribution in [0.15, 0.2) is 11.6 Å². The zero-order valence-corrected chi connectivity index (χ0v) is 16.3. The van der Waals surface area contributed by atoms with Crippen molar-refractivity contribution in [2.45, 2.75) is 96.9 Å². The summed E-state index contributed by atoms with van der Waals surface area (Å²) in [4.78, 5) is 0. The summed E-state index contributed by atoms with van der Waals surface area (Å²) in [6, 6.07) is 0. The third-order valence-corrected chi connectivity index (χ3v) is 9.35. The fourth-order valence-electron chi connectivity index (χ4n) is 7.67. The second-order valence-electron chi connectivity index (χ2n) is 10.5. The molecular weight excluding hydrogens is 308 g/mol. The molecule has 0 aromatic heterocycles. The maximum Gasteiger partial charge on any atom is 0.0635 e. The monoisotopic (exact) mass is 344 g/mol. The average Bonchev–Trinajstić information content (AvgIpc) is 3.34. The van der Waals surface area contributed by atoms with Crippen LogP contribution in [0, 0.1) is 34.5 Å². The molecule has 2 heteroatoms. The van der Waals surface area contributed by atoms with Crippen molar-refractivity contribution in [1.29, 1.82) is 0 Å². The van der Waals surface area contributed by atoms with E-state index in [-0.39, 0.29) is 6.10 Å². The van der Waals surface area contributed by atoms with Crippen LogP contribution in [0.4, 0.5) is 0 Å². The maximum atomic E-state index is 10.4. The number of ether oxygens (including phenoxy) is 1. The quantitative estimate of drug-likeness (QED) is 0.706. The molecule has 5 aliphatic rings. The molecular formula is C23H36O2. The molecule has 5 rings (SSSR count). The van der Waals surface area contributed by atoms with Gasteiger partial charge in [0.05, 0.1) is 18.3 Å². The van der Waals surface area contributed by atoms with Crippen LogP contribution in [-0.4, -0.2) is 23.4 Å². The van der Waals surface area contributed by atoms with Crippen LogP contribution in [0.25, 0.3) is 0 Å². The van der Waals surface area contributed by atoms with Crippen LogP contribution in [0.2, 0.25) is 0 Å². The van der Waals surface area contributed by atoms with Crippen LogP contribution in [0.1, 0.15) is 78.6 Å². The fourth-order valence-corrected chi connectivity index (χ4v) is 7.67. The number of aliphatic hydroxyl groups is 1. The van der Waals surface area contributed by atoms with Crippen LogP contribution in [0.3, 0.4) is 0 Å². The van der Waals surface area contributed by atoms with Gasteiger partial charge in [-0.1, -0.05) is 32.4 Å². The standard InChI is InChI=1S/C23H36O2/c1-14-17-7-6-16-18-8-9-21(25-15-4-5-15)23(18,3)12-10-19(16)22(17,2)13-11-20(14)24/h7,14-16,18-21,24H,4-6,8-13H2,1-3H3/t14-,16+,18+,19+,20+,21+,22+,23+/m1/s1. The number of aliphatic hydroxyl groups excluding tert-OH is 1. The molecule has 0 aliphatic heterocycles. The van der Waals surface area contributed by atoms with Crippen molar-refractivity contribution >= 4 is 0 Å². The summed E-state index contributed by atoms with van der Waals surface area (Å²) >= 11 is 0. The van der Waals surface area contributed by atoms with Crippen molar-refractivity contribution in [3.8, 4) is 0 Å². The Bertz CT molecular complexity index is 579. The van der Waals surface area contributed by atoms with E-state index in [1.165, 1.54) is 51.4 Å². The van der Waals surface area contributed by atoms with E-state index in [2.05, 4.69) is 26.8 Å². The first-order chi connectivity index (χ1) is 11.9. The molecule has 2 nitrogen and oxygen atoms in total. The first kappa shape index (κ1) is 16.8. The number of allylic oxidation sites excluding steroid dienone is 1. The van der Waals surface area contributed by atoms with Crippen molar-refractivity contribution in [2.75, 3.05) is 0 Å². The minimum atomic E-state index is -0.118. The first-order valence-electron chi connectivity index (χ1n) is 11.0. The molecule has 5 aliphatic carbocycles. The summed E-state index contributed by atoms with van der Waals surface area (Å²) in [5.41, 5.74) is 2.36. The van der Waals surface area contributed by atoms with Gasteiger partial charge in [-0.15, -0.1) is 0 Å². The lowest BCUT2D eigenvalue weighted by Gasteiger charge is -2.59. The number of hydrogen-bond donors (Lipinski definition) is 1. The molecule has 25 heavy (non-hydrogen) atoms. The highest BCUT2D eigenvalue weighted by atomic mass is 16.5. The normalized spacial score (nSPS) is 55.1. The zero-order valence-electron chi connectivity index (χ0n) is 16.3. The van der Waals surface area contributed by atoms with E-state index in [9.17, 15) is 5.11 Å². The van der Waals surface area contributed by atoms with Gasteiger partial charge < -0.3 is 9.84 Å². The number of fused-ring (bicyclic) bond motifs is 5. The third kappa shape index (κ3) is 2.35. The molecule has 0 saturated heterocycles. The highest BCUT2D eigenvalue weighted by Crippen LogP contribution is 2.66. The summed E-state index contributed by atoms with van der Waals surface area (Å²) < 4.78 is 6.49. The van der Waals surface area contributed by atoms with E-state index < -0.39 is 0 Å². The van der Waals surface area contributed by atoms with Crippen molar-refractivity contribution < 1.29 is 9.84 Å². The Kier molecular flexibility index (Phi) is 3.75. The first-order valence-corrected chi connectivity index (χ1v) is 11.0. The molecule has 0 radical (unpaired) electrons. The lowest BCUT2D eigenvalue weighted by molar-refractivity contribution is -0.100. The van der Waals surface area contributed by atoms with E-state index in [0.717, 1.165) is 24.2 Å². The van der Waals surface area contributed by atoms with Gasteiger partial charge in [0, 0.05) is 5.92 Å². The topological polar surface area (TPSA) is 29.5 Å². The molecule has 0 spiro atoms. The zero-order chi connectivity index (χ0) is 17.4. The average molecular weight is 345 g/mol. The SMILES string of the molecule is C[C@@H]1C2=CC[C@H]3[C@@H]4CC[C@H](OC5CC5)[C@@]4(C)CC[C@@H]3[C@@]2(C)CC[C@@H]1O. The van der Waals surface area contributed by atoms with Crippen molar-refractivity contribution in [3.63, 3.8) is 0 Å². The predicted molar refractivity (Wildman–Crippen MR) is 100 cm³/mol. The molecule has 0 heterocycles. The van der Waals surface area contributed by atoms with E-state index in [1.54, 1.807) is 5.57 Å². The minimum Gasteiger partial charge on any atom is -0.393 e. The summed E-state index contributed by atoms with van der Waals surface area (Å²) in [5.74, 6) is 2.90. The van der Waals surface area contributed by atoms with Gasteiger partial charge in [0.25, 0.3) is 0 Å².